The van der Waals surface area contributed by atoms with E-state index in [0.717, 1.165) is 0 Å². The first kappa shape index (κ1) is 35.5. The molecule has 2 saturated carbocycles. The van der Waals surface area contributed by atoms with Crippen LogP contribution in [0.15, 0.2) is 23.3 Å². The molecule has 0 aromatic rings. The van der Waals surface area contributed by atoms with Gasteiger partial charge in [-0.3, -0.25) is 14.4 Å². The zero-order chi connectivity index (χ0) is 36.2. The Morgan fingerprint density at radius 1 is 1.02 bits per heavy atom. The fourth-order valence-corrected chi connectivity index (χ4v) is 10.3. The smallest absolute Gasteiger partial charge is 0.340 e. The Balaban J connectivity index is 1.61. The minimum Gasteiger partial charge on any atom is -0.469 e. The number of rotatable bonds is 8. The van der Waals surface area contributed by atoms with Crippen LogP contribution in [0.1, 0.15) is 81.1 Å². The van der Waals surface area contributed by atoms with Crippen LogP contribution in [0.4, 0.5) is 0 Å². The Morgan fingerprint density at radius 3 is 2.24 bits per heavy atom. The number of carbonyl (C=O) groups excluding carboxylic acids is 5. The van der Waals surface area contributed by atoms with Gasteiger partial charge in [-0.05, 0) is 36.8 Å². The summed E-state index contributed by atoms with van der Waals surface area (Å²) >= 11 is 0. The molecule has 0 aromatic heterocycles. The molecule has 4 heterocycles. The van der Waals surface area contributed by atoms with Crippen molar-refractivity contribution < 1.29 is 62.6 Å². The highest BCUT2D eigenvalue weighted by atomic mass is 16.7. The quantitative estimate of drug-likeness (QED) is 0.281. The van der Waals surface area contributed by atoms with Crippen molar-refractivity contribution in [2.75, 3.05) is 7.11 Å². The molecule has 270 valence electrons. The monoisotopic (exact) mass is 688 g/mol. The maximum absolute atomic E-state index is 13.6. The summed E-state index contributed by atoms with van der Waals surface area (Å²) in [6, 6.07) is 0. The SMILES string of the molecule is CC[C@H](C)C(=O)O[C@@H]1[C@@H]2[C@@H](OC(=O)C(C)C)[C@@]34O[C@]2(O)[C@@](C)([C@@H](CC(=O)OC)C1(C)C)[C@H]3CC[C@]1(C)C4=CC(=O)O[C@H]1C1=CC(O)OC1=O. The van der Waals surface area contributed by atoms with Gasteiger partial charge in [0.1, 0.15) is 23.9 Å². The second-order valence-corrected chi connectivity index (χ2v) is 16.0. The molecule has 6 aliphatic rings. The van der Waals surface area contributed by atoms with E-state index in [4.69, 9.17) is 28.4 Å². The standard InChI is InChI=1S/C36H48O13/c1-10-17(4)30(41)47-27-25-28(48-29(40)16(2)3)35-19(34(8,36(25,43)49-35)20(32(27,5)6)14-22(37)44-9)11-12-33(7)21(35)15-24(39)45-26(33)18-13-23(38)46-31(18)42/h13,15-17,19-20,23,25-28,38,43H,10-12,14H2,1-9H3/t17-,19+,20-,23?,25+,26-,27+,28+,33+,34+,35+,36-/m0/s1. The Bertz CT molecular complexity index is 1540. The summed E-state index contributed by atoms with van der Waals surface area (Å²) in [5.41, 5.74) is -4.72. The summed E-state index contributed by atoms with van der Waals surface area (Å²) in [6.45, 7) is 14.3. The van der Waals surface area contributed by atoms with Crippen LogP contribution in [0, 0.1) is 45.8 Å². The van der Waals surface area contributed by atoms with E-state index in [1.165, 1.54) is 19.3 Å². The van der Waals surface area contributed by atoms with Gasteiger partial charge in [0.15, 0.2) is 5.79 Å². The number of fused-ring (bicyclic) bond motifs is 2. The van der Waals surface area contributed by atoms with Crippen LogP contribution in [0.3, 0.4) is 0 Å². The van der Waals surface area contributed by atoms with Gasteiger partial charge in [-0.1, -0.05) is 55.4 Å². The summed E-state index contributed by atoms with van der Waals surface area (Å²) in [4.78, 5) is 66.7. The van der Waals surface area contributed by atoms with E-state index in [1.807, 2.05) is 27.7 Å². The van der Waals surface area contributed by atoms with Crippen LogP contribution < -0.4 is 0 Å². The zero-order valence-corrected chi connectivity index (χ0v) is 29.6. The van der Waals surface area contributed by atoms with Crippen molar-refractivity contribution in [1.29, 1.82) is 0 Å². The summed E-state index contributed by atoms with van der Waals surface area (Å²) in [5, 5.41) is 23.3. The van der Waals surface area contributed by atoms with E-state index in [0.29, 0.717) is 24.8 Å². The van der Waals surface area contributed by atoms with Gasteiger partial charge in [-0.25, -0.2) is 9.59 Å². The largest absolute Gasteiger partial charge is 0.469 e. The van der Waals surface area contributed by atoms with Crippen molar-refractivity contribution in [2.24, 2.45) is 45.8 Å². The van der Waals surface area contributed by atoms with Gasteiger partial charge < -0.3 is 38.6 Å². The lowest BCUT2D eigenvalue weighted by Gasteiger charge is -2.67. The Kier molecular flexibility index (Phi) is 8.24. The lowest BCUT2D eigenvalue weighted by molar-refractivity contribution is -0.326. The summed E-state index contributed by atoms with van der Waals surface area (Å²) in [7, 11) is 1.28. The highest BCUT2D eigenvalue weighted by Gasteiger charge is 2.90. The lowest BCUT2D eigenvalue weighted by atomic mass is 9.37. The van der Waals surface area contributed by atoms with Crippen LogP contribution in [-0.4, -0.2) is 83.2 Å². The molecule has 1 unspecified atom stereocenters. The summed E-state index contributed by atoms with van der Waals surface area (Å²) in [5.74, 6) is -8.96. The minimum atomic E-state index is -2.13. The molecule has 13 nitrogen and oxygen atoms in total. The molecule has 0 amide bonds. The van der Waals surface area contributed by atoms with Gasteiger partial charge in [-0.15, -0.1) is 0 Å². The number of aliphatic hydroxyl groups is 2. The van der Waals surface area contributed by atoms with Crippen molar-refractivity contribution >= 4 is 29.8 Å². The molecule has 0 aromatic carbocycles. The number of esters is 5. The topological polar surface area (TPSA) is 181 Å². The molecule has 2 N–H and O–H groups in total. The molecule has 4 fully saturated rings. The third-order valence-corrected chi connectivity index (χ3v) is 12.9. The minimum absolute atomic E-state index is 0.0396. The Labute approximate surface area is 285 Å². The van der Waals surface area contributed by atoms with Crippen molar-refractivity contribution in [1.82, 2.24) is 0 Å². The molecule has 49 heavy (non-hydrogen) atoms. The van der Waals surface area contributed by atoms with Gasteiger partial charge in [0.25, 0.3) is 0 Å². The highest BCUT2D eigenvalue weighted by molar-refractivity contribution is 5.94. The number of aliphatic hydroxyl groups excluding tert-OH is 1. The molecular weight excluding hydrogens is 640 g/mol. The van der Waals surface area contributed by atoms with E-state index in [-0.39, 0.29) is 12.0 Å². The maximum atomic E-state index is 13.6. The molecule has 6 rings (SSSR count). The van der Waals surface area contributed by atoms with Gasteiger partial charge in [0.05, 0.1) is 30.4 Å². The van der Waals surface area contributed by atoms with Crippen molar-refractivity contribution in [2.45, 2.75) is 117 Å². The van der Waals surface area contributed by atoms with Crippen LogP contribution >= 0.6 is 0 Å². The van der Waals surface area contributed by atoms with Gasteiger partial charge >= 0.3 is 29.8 Å². The molecule has 12 atom stereocenters. The van der Waals surface area contributed by atoms with E-state index in [2.05, 4.69) is 0 Å². The highest BCUT2D eigenvalue weighted by Crippen LogP contribution is 2.80. The number of hydrogen-bond acceptors (Lipinski definition) is 13. The number of cyclic esters (lactones) is 2. The average Bonchev–Trinajstić information content (AvgIpc) is 3.57. The molecule has 4 aliphatic heterocycles. The summed E-state index contributed by atoms with van der Waals surface area (Å²) in [6.07, 6.45) is -1.61. The fraction of sp³-hybridized carbons (Fsp3) is 0.750. The zero-order valence-electron chi connectivity index (χ0n) is 29.6. The van der Waals surface area contributed by atoms with Crippen molar-refractivity contribution in [3.05, 3.63) is 23.3 Å². The van der Waals surface area contributed by atoms with E-state index in [1.54, 1.807) is 27.7 Å². The molecule has 2 saturated heterocycles. The van der Waals surface area contributed by atoms with Gasteiger partial charge in [0.2, 0.25) is 6.29 Å². The van der Waals surface area contributed by atoms with Crippen LogP contribution in [0.2, 0.25) is 0 Å². The first-order valence-corrected chi connectivity index (χ1v) is 17.2. The van der Waals surface area contributed by atoms with Crippen molar-refractivity contribution in [3.63, 3.8) is 0 Å². The Hall–Kier alpha value is -3.29. The van der Waals surface area contributed by atoms with Gasteiger partial charge in [-0.2, -0.15) is 0 Å². The van der Waals surface area contributed by atoms with Crippen LogP contribution in [0.25, 0.3) is 0 Å². The van der Waals surface area contributed by atoms with Gasteiger partial charge in [0, 0.05) is 34.7 Å². The van der Waals surface area contributed by atoms with Crippen LogP contribution in [0.5, 0.6) is 0 Å². The average molecular weight is 689 g/mol. The normalized spacial score (nSPS) is 43.4. The van der Waals surface area contributed by atoms with Crippen LogP contribution in [-0.2, 0) is 52.4 Å². The molecular formula is C36H48O13. The van der Waals surface area contributed by atoms with E-state index < -0.39 is 112 Å². The number of ether oxygens (including phenoxy) is 6. The predicted octanol–water partition coefficient (Wildman–Crippen LogP) is 2.89. The Morgan fingerprint density at radius 2 is 1.67 bits per heavy atom. The molecule has 2 aliphatic carbocycles. The fourth-order valence-electron chi connectivity index (χ4n) is 10.3. The second kappa shape index (κ2) is 11.4. The van der Waals surface area contributed by atoms with E-state index >= 15 is 0 Å². The molecule has 0 radical (unpaired) electrons. The van der Waals surface area contributed by atoms with Crippen molar-refractivity contribution in [3.8, 4) is 0 Å². The lowest BCUT2D eigenvalue weighted by Crippen LogP contribution is -2.76. The van der Waals surface area contributed by atoms with E-state index in [9.17, 15) is 34.2 Å². The number of methoxy groups -OCH3 is 1. The third-order valence-electron chi connectivity index (χ3n) is 12.9. The molecule has 2 bridgehead atoms. The molecule has 13 heteroatoms. The number of hydrogen-bond donors (Lipinski definition) is 2. The number of carbonyl (C=O) groups is 5. The summed E-state index contributed by atoms with van der Waals surface area (Å²) < 4.78 is 35.6. The first-order chi connectivity index (χ1) is 22.7. The molecule has 1 spiro atoms. The predicted molar refractivity (Wildman–Crippen MR) is 167 cm³/mol. The third kappa shape index (κ3) is 4.56. The first-order valence-electron chi connectivity index (χ1n) is 17.2. The maximum Gasteiger partial charge on any atom is 0.340 e. The second-order valence-electron chi connectivity index (χ2n) is 16.0.